The van der Waals surface area contributed by atoms with Crippen molar-refractivity contribution in [3.63, 3.8) is 0 Å². The summed E-state index contributed by atoms with van der Waals surface area (Å²) in [7, 11) is 0. The maximum atomic E-state index is 10.2. The highest BCUT2D eigenvalue weighted by molar-refractivity contribution is 5.80. The maximum absolute atomic E-state index is 10.2. The number of carboxylic acid groups (broad SMARTS) is 1. The Labute approximate surface area is 67.9 Å². The second-order valence-electron chi connectivity index (χ2n) is 2.92. The van der Waals surface area contributed by atoms with Gasteiger partial charge in [0, 0.05) is 6.08 Å². The van der Waals surface area contributed by atoms with Crippen LogP contribution < -0.4 is 0 Å². The van der Waals surface area contributed by atoms with Crippen molar-refractivity contribution in [3.05, 3.63) is 11.6 Å². The first-order chi connectivity index (χ1) is 5.07. The molecule has 0 fully saturated rings. The first kappa shape index (κ1) is 10.2. The van der Waals surface area contributed by atoms with E-state index in [1.165, 1.54) is 6.08 Å². The fourth-order valence-corrected chi connectivity index (χ4v) is 0.998. The molecule has 0 spiro atoms. The monoisotopic (exact) mass is 156 g/mol. The molecule has 0 aromatic heterocycles. The summed E-state index contributed by atoms with van der Waals surface area (Å²) in [6, 6.07) is 0. The van der Waals surface area contributed by atoms with Gasteiger partial charge >= 0.3 is 5.97 Å². The van der Waals surface area contributed by atoms with Crippen molar-refractivity contribution < 1.29 is 9.90 Å². The van der Waals surface area contributed by atoms with Crippen LogP contribution in [0.25, 0.3) is 0 Å². The van der Waals surface area contributed by atoms with Crippen molar-refractivity contribution in [1.82, 2.24) is 0 Å². The van der Waals surface area contributed by atoms with Gasteiger partial charge in [0.1, 0.15) is 0 Å². The summed E-state index contributed by atoms with van der Waals surface area (Å²) in [6.45, 7) is 6.03. The van der Waals surface area contributed by atoms with Crippen LogP contribution in [0.3, 0.4) is 0 Å². The molecule has 1 atom stereocenters. The summed E-state index contributed by atoms with van der Waals surface area (Å²) in [6.07, 6.45) is 3.46. The van der Waals surface area contributed by atoms with Gasteiger partial charge in [-0.1, -0.05) is 25.8 Å². The van der Waals surface area contributed by atoms with Crippen LogP contribution in [-0.2, 0) is 4.79 Å². The normalized spacial score (nSPS) is 14.6. The Balaban J connectivity index is 4.00. The molecule has 0 radical (unpaired) electrons. The third-order valence-corrected chi connectivity index (χ3v) is 1.85. The van der Waals surface area contributed by atoms with Crippen LogP contribution in [0.4, 0.5) is 0 Å². The second kappa shape index (κ2) is 4.94. The van der Waals surface area contributed by atoms with E-state index in [2.05, 4.69) is 13.8 Å². The lowest BCUT2D eigenvalue weighted by Crippen LogP contribution is -1.99. The topological polar surface area (TPSA) is 37.3 Å². The lowest BCUT2D eigenvalue weighted by Gasteiger charge is -2.08. The molecule has 11 heavy (non-hydrogen) atoms. The molecule has 0 aliphatic carbocycles. The van der Waals surface area contributed by atoms with E-state index in [0.717, 1.165) is 18.4 Å². The number of carbonyl (C=O) groups is 1. The lowest BCUT2D eigenvalue weighted by molar-refractivity contribution is -0.131. The Hall–Kier alpha value is -0.790. The summed E-state index contributed by atoms with van der Waals surface area (Å²) in [5, 5.41) is 8.42. The number of hydrogen-bond donors (Lipinski definition) is 1. The van der Waals surface area contributed by atoms with Crippen molar-refractivity contribution in [3.8, 4) is 0 Å². The highest BCUT2D eigenvalue weighted by atomic mass is 16.4. The molecule has 0 saturated heterocycles. The molecule has 0 saturated carbocycles. The Kier molecular flexibility index (Phi) is 4.59. The van der Waals surface area contributed by atoms with Gasteiger partial charge in [0.05, 0.1) is 0 Å². The number of rotatable bonds is 4. The molecular weight excluding hydrogens is 140 g/mol. The molecule has 2 nitrogen and oxygen atoms in total. The minimum Gasteiger partial charge on any atom is -0.478 e. The van der Waals surface area contributed by atoms with Gasteiger partial charge in [0.25, 0.3) is 0 Å². The van der Waals surface area contributed by atoms with Crippen molar-refractivity contribution in [2.75, 3.05) is 0 Å². The fourth-order valence-electron chi connectivity index (χ4n) is 0.998. The van der Waals surface area contributed by atoms with Crippen LogP contribution in [0.1, 0.15) is 33.6 Å². The second-order valence-corrected chi connectivity index (χ2v) is 2.92. The van der Waals surface area contributed by atoms with Crippen LogP contribution in [0.5, 0.6) is 0 Å². The molecule has 0 aliphatic rings. The van der Waals surface area contributed by atoms with Gasteiger partial charge in [-0.05, 0) is 19.3 Å². The Morgan fingerprint density at radius 2 is 2.18 bits per heavy atom. The first-order valence-corrected chi connectivity index (χ1v) is 3.99. The largest absolute Gasteiger partial charge is 0.478 e. The van der Waals surface area contributed by atoms with Crippen molar-refractivity contribution in [1.29, 1.82) is 0 Å². The summed E-state index contributed by atoms with van der Waals surface area (Å²) >= 11 is 0. The van der Waals surface area contributed by atoms with Gasteiger partial charge in [0.2, 0.25) is 0 Å². The molecule has 2 heteroatoms. The van der Waals surface area contributed by atoms with Crippen molar-refractivity contribution >= 4 is 5.97 Å². The lowest BCUT2D eigenvalue weighted by atomic mass is 9.97. The van der Waals surface area contributed by atoms with Gasteiger partial charge in [-0.3, -0.25) is 0 Å². The standard InChI is InChI=1S/C9H16O2/c1-4-5-7(2)8(3)6-9(10)11/h6-7H,4-5H2,1-3H3,(H,10,11)/b8-6+. The third-order valence-electron chi connectivity index (χ3n) is 1.85. The Bertz CT molecular complexity index is 159. The van der Waals surface area contributed by atoms with Gasteiger partial charge in [0.15, 0.2) is 0 Å². The zero-order valence-electron chi connectivity index (χ0n) is 7.42. The SMILES string of the molecule is CCCC(C)/C(C)=C/C(=O)O. The molecule has 0 amide bonds. The summed E-state index contributed by atoms with van der Waals surface area (Å²) in [5.41, 5.74) is 0.958. The molecule has 64 valence electrons. The van der Waals surface area contributed by atoms with Gasteiger partial charge in [-0.15, -0.1) is 0 Å². The van der Waals surface area contributed by atoms with E-state index in [0.29, 0.717) is 5.92 Å². The molecule has 1 N–H and O–H groups in total. The van der Waals surface area contributed by atoms with E-state index in [9.17, 15) is 4.79 Å². The van der Waals surface area contributed by atoms with Gasteiger partial charge in [-0.2, -0.15) is 0 Å². The number of hydrogen-bond acceptors (Lipinski definition) is 1. The number of aliphatic carboxylic acids is 1. The van der Waals surface area contributed by atoms with Crippen LogP contribution in [0.2, 0.25) is 0 Å². The molecule has 0 aromatic rings. The molecule has 0 bridgehead atoms. The molecule has 1 unspecified atom stereocenters. The molecule has 0 rings (SSSR count). The van der Waals surface area contributed by atoms with Crippen LogP contribution >= 0.6 is 0 Å². The van der Waals surface area contributed by atoms with Gasteiger partial charge < -0.3 is 5.11 Å². The zero-order valence-corrected chi connectivity index (χ0v) is 7.42. The number of carboxylic acids is 1. The predicted octanol–water partition coefficient (Wildman–Crippen LogP) is 2.45. The minimum atomic E-state index is -0.842. The molecular formula is C9H16O2. The van der Waals surface area contributed by atoms with E-state index in [1.54, 1.807) is 0 Å². The molecule has 0 heterocycles. The van der Waals surface area contributed by atoms with Crippen LogP contribution in [-0.4, -0.2) is 11.1 Å². The van der Waals surface area contributed by atoms with Gasteiger partial charge in [-0.25, -0.2) is 4.79 Å². The zero-order chi connectivity index (χ0) is 8.85. The van der Waals surface area contributed by atoms with E-state index in [-0.39, 0.29) is 0 Å². The van der Waals surface area contributed by atoms with E-state index >= 15 is 0 Å². The summed E-state index contributed by atoms with van der Waals surface area (Å²) in [5.74, 6) is -0.443. The van der Waals surface area contributed by atoms with Crippen LogP contribution in [0.15, 0.2) is 11.6 Å². The average molecular weight is 156 g/mol. The van der Waals surface area contributed by atoms with Crippen LogP contribution in [0, 0.1) is 5.92 Å². The predicted molar refractivity (Wildman–Crippen MR) is 45.5 cm³/mol. The van der Waals surface area contributed by atoms with E-state index in [4.69, 9.17) is 5.11 Å². The maximum Gasteiger partial charge on any atom is 0.328 e. The van der Waals surface area contributed by atoms with Crippen molar-refractivity contribution in [2.24, 2.45) is 5.92 Å². The highest BCUT2D eigenvalue weighted by Crippen LogP contribution is 2.14. The minimum absolute atomic E-state index is 0.399. The van der Waals surface area contributed by atoms with E-state index in [1.807, 2.05) is 6.92 Å². The average Bonchev–Trinajstić information content (AvgIpc) is 1.86. The Morgan fingerprint density at radius 3 is 2.55 bits per heavy atom. The smallest absolute Gasteiger partial charge is 0.328 e. The number of allylic oxidation sites excluding steroid dienone is 1. The molecule has 0 aliphatic heterocycles. The fraction of sp³-hybridized carbons (Fsp3) is 0.667. The highest BCUT2D eigenvalue weighted by Gasteiger charge is 2.03. The molecule has 0 aromatic carbocycles. The quantitative estimate of drug-likeness (QED) is 0.635. The van der Waals surface area contributed by atoms with Crippen molar-refractivity contribution in [2.45, 2.75) is 33.6 Å². The summed E-state index contributed by atoms with van der Waals surface area (Å²) < 4.78 is 0. The first-order valence-electron chi connectivity index (χ1n) is 3.99. The Morgan fingerprint density at radius 1 is 1.64 bits per heavy atom. The van der Waals surface area contributed by atoms with E-state index < -0.39 is 5.97 Å². The third kappa shape index (κ3) is 4.59. The summed E-state index contributed by atoms with van der Waals surface area (Å²) in [4.78, 5) is 10.2.